The van der Waals surface area contributed by atoms with Gasteiger partial charge in [-0.1, -0.05) is 20.3 Å². The lowest BCUT2D eigenvalue weighted by molar-refractivity contribution is 0.834. The highest BCUT2D eigenvalue weighted by Crippen LogP contribution is 2.11. The Hall–Kier alpha value is -0.0400. The van der Waals surface area contributed by atoms with E-state index in [0.29, 0.717) is 0 Å². The van der Waals surface area contributed by atoms with Gasteiger partial charge in [0.1, 0.15) is 5.82 Å². The molecule has 5 heteroatoms. The summed E-state index contributed by atoms with van der Waals surface area (Å²) in [6.07, 6.45) is 1.90. The molecule has 3 nitrogen and oxygen atoms in total. The van der Waals surface area contributed by atoms with Crippen LogP contribution in [0.1, 0.15) is 31.8 Å². The predicted molar refractivity (Wildman–Crippen MR) is 73.4 cm³/mol. The van der Waals surface area contributed by atoms with Crippen molar-refractivity contribution in [2.75, 3.05) is 5.75 Å². The van der Waals surface area contributed by atoms with Gasteiger partial charge in [-0.2, -0.15) is 11.8 Å². The van der Waals surface area contributed by atoms with Crippen LogP contribution in [0.2, 0.25) is 0 Å². The summed E-state index contributed by atoms with van der Waals surface area (Å²) in [6, 6.07) is 0. The van der Waals surface area contributed by atoms with Gasteiger partial charge in [-0.05, 0) is 34.8 Å². The molecule has 0 fully saturated rings. The van der Waals surface area contributed by atoms with Crippen molar-refractivity contribution in [3.8, 4) is 0 Å². The van der Waals surface area contributed by atoms with Gasteiger partial charge in [0.2, 0.25) is 0 Å². The van der Waals surface area contributed by atoms with Crippen LogP contribution in [0.3, 0.4) is 0 Å². The van der Waals surface area contributed by atoms with E-state index in [2.05, 4.69) is 46.4 Å². The normalized spacial score (nSPS) is 10.6. The molecule has 0 saturated heterocycles. The van der Waals surface area contributed by atoms with Crippen LogP contribution in [0, 0.1) is 3.57 Å². The Kier molecular flexibility index (Phi) is 5.66. The summed E-state index contributed by atoms with van der Waals surface area (Å²) in [5, 5.41) is 0. The molecule has 0 saturated carbocycles. The van der Waals surface area contributed by atoms with Crippen LogP contribution < -0.4 is 5.56 Å². The first-order valence-corrected chi connectivity index (χ1v) is 7.27. The molecule has 15 heavy (non-hydrogen) atoms. The van der Waals surface area contributed by atoms with Crippen molar-refractivity contribution >= 4 is 34.4 Å². The zero-order valence-corrected chi connectivity index (χ0v) is 11.9. The molecule has 0 aliphatic carbocycles. The van der Waals surface area contributed by atoms with Gasteiger partial charge in [0.05, 0.1) is 15.0 Å². The van der Waals surface area contributed by atoms with E-state index in [1.165, 1.54) is 0 Å². The van der Waals surface area contributed by atoms with E-state index in [9.17, 15) is 4.79 Å². The molecule has 0 radical (unpaired) electrons. The largest absolute Gasteiger partial charge is 0.309 e. The number of H-pyrrole nitrogens is 1. The van der Waals surface area contributed by atoms with E-state index in [4.69, 9.17) is 0 Å². The molecule has 1 aromatic heterocycles. The molecule has 1 N–H and O–H groups in total. The fourth-order valence-corrected chi connectivity index (χ4v) is 2.29. The Bertz CT molecular complexity index is 378. The minimum absolute atomic E-state index is 0.000697. The number of hydrogen-bond donors (Lipinski definition) is 1. The first kappa shape index (κ1) is 13.0. The second kappa shape index (κ2) is 6.52. The molecule has 0 unspecified atom stereocenters. The van der Waals surface area contributed by atoms with E-state index < -0.39 is 0 Å². The molecule has 0 aromatic carbocycles. The van der Waals surface area contributed by atoms with Gasteiger partial charge in [-0.3, -0.25) is 4.79 Å². The number of nitrogens with one attached hydrogen (secondary N) is 1. The third-order valence-corrected chi connectivity index (χ3v) is 3.91. The van der Waals surface area contributed by atoms with Gasteiger partial charge in [0.15, 0.2) is 0 Å². The van der Waals surface area contributed by atoms with Crippen molar-refractivity contribution in [2.24, 2.45) is 0 Å². The Labute approximate surface area is 108 Å². The highest BCUT2D eigenvalue weighted by molar-refractivity contribution is 14.1. The van der Waals surface area contributed by atoms with Crippen molar-refractivity contribution in [2.45, 2.75) is 32.4 Å². The number of halogens is 1. The van der Waals surface area contributed by atoms with Crippen LogP contribution in [-0.4, -0.2) is 15.7 Å². The molecule has 0 spiro atoms. The number of hydrogen-bond acceptors (Lipinski definition) is 3. The van der Waals surface area contributed by atoms with Gasteiger partial charge >= 0.3 is 0 Å². The molecule has 0 atom stereocenters. The molecular formula is C10H15IN2OS. The van der Waals surface area contributed by atoms with Crippen molar-refractivity contribution in [1.82, 2.24) is 9.97 Å². The maximum absolute atomic E-state index is 11.6. The van der Waals surface area contributed by atoms with Crippen molar-refractivity contribution < 1.29 is 0 Å². The third kappa shape index (κ3) is 3.79. The van der Waals surface area contributed by atoms with E-state index >= 15 is 0 Å². The maximum atomic E-state index is 11.6. The number of nitrogens with zero attached hydrogens (tertiary/aromatic N) is 1. The lowest BCUT2D eigenvalue weighted by Gasteiger charge is -2.04. The molecule has 0 amide bonds. The average molecular weight is 338 g/mol. The zero-order valence-electron chi connectivity index (χ0n) is 8.97. The molecular weight excluding hydrogens is 323 g/mol. The number of rotatable bonds is 5. The fourth-order valence-electron chi connectivity index (χ4n) is 1.23. The van der Waals surface area contributed by atoms with Crippen LogP contribution in [0.15, 0.2) is 4.79 Å². The first-order valence-electron chi connectivity index (χ1n) is 5.04. The van der Waals surface area contributed by atoms with Crippen LogP contribution in [0.5, 0.6) is 0 Å². The Balaban J connectivity index is 2.95. The maximum Gasteiger partial charge on any atom is 0.264 e. The molecule has 0 aliphatic heterocycles. The van der Waals surface area contributed by atoms with E-state index in [-0.39, 0.29) is 5.56 Å². The van der Waals surface area contributed by atoms with Crippen LogP contribution >= 0.6 is 34.4 Å². The van der Waals surface area contributed by atoms with Gasteiger partial charge in [-0.15, -0.1) is 0 Å². The summed E-state index contributed by atoms with van der Waals surface area (Å²) in [5.74, 6) is 2.63. The average Bonchev–Trinajstić information content (AvgIpc) is 2.22. The summed E-state index contributed by atoms with van der Waals surface area (Å²) in [7, 11) is 0. The van der Waals surface area contributed by atoms with E-state index in [0.717, 1.165) is 39.4 Å². The van der Waals surface area contributed by atoms with Gasteiger partial charge in [-0.25, -0.2) is 4.98 Å². The van der Waals surface area contributed by atoms with Gasteiger partial charge < -0.3 is 4.98 Å². The van der Waals surface area contributed by atoms with Gasteiger partial charge in [0.25, 0.3) is 5.56 Å². The minimum atomic E-state index is 0.000697. The zero-order chi connectivity index (χ0) is 11.3. The molecule has 84 valence electrons. The lowest BCUT2D eigenvalue weighted by atomic mass is 10.2. The number of aromatic amines is 1. The van der Waals surface area contributed by atoms with Crippen LogP contribution in [-0.2, 0) is 12.2 Å². The molecule has 0 bridgehead atoms. The molecule has 0 aliphatic rings. The van der Waals surface area contributed by atoms with Crippen LogP contribution in [0.4, 0.5) is 0 Å². The summed E-state index contributed by atoms with van der Waals surface area (Å²) >= 11 is 3.84. The standard InChI is InChI=1S/C10H15IN2OS/c1-3-5-7-9(11)10(14)13-8(12-7)6-15-4-2/h3-6H2,1-2H3,(H,12,13,14). The van der Waals surface area contributed by atoms with Crippen molar-refractivity contribution in [3.63, 3.8) is 0 Å². The number of aromatic nitrogens is 2. The van der Waals surface area contributed by atoms with Crippen molar-refractivity contribution in [3.05, 3.63) is 25.4 Å². The van der Waals surface area contributed by atoms with Crippen LogP contribution in [0.25, 0.3) is 0 Å². The summed E-state index contributed by atoms with van der Waals surface area (Å²) < 4.78 is 0.736. The Morgan fingerprint density at radius 2 is 2.20 bits per heavy atom. The molecule has 1 aromatic rings. The van der Waals surface area contributed by atoms with Gasteiger partial charge in [0, 0.05) is 0 Å². The highest BCUT2D eigenvalue weighted by atomic mass is 127. The van der Waals surface area contributed by atoms with E-state index in [1.807, 2.05) is 0 Å². The Morgan fingerprint density at radius 3 is 2.80 bits per heavy atom. The third-order valence-electron chi connectivity index (χ3n) is 1.91. The molecule has 1 heterocycles. The first-order chi connectivity index (χ1) is 7.19. The smallest absolute Gasteiger partial charge is 0.264 e. The highest BCUT2D eigenvalue weighted by Gasteiger charge is 2.07. The monoisotopic (exact) mass is 338 g/mol. The molecule has 1 rings (SSSR count). The lowest BCUT2D eigenvalue weighted by Crippen LogP contribution is -2.17. The summed E-state index contributed by atoms with van der Waals surface area (Å²) in [5.41, 5.74) is 0.939. The van der Waals surface area contributed by atoms with Crippen molar-refractivity contribution in [1.29, 1.82) is 0 Å². The van der Waals surface area contributed by atoms with E-state index in [1.54, 1.807) is 11.8 Å². The quantitative estimate of drug-likeness (QED) is 0.840. The summed E-state index contributed by atoms with van der Waals surface area (Å²) in [6.45, 7) is 4.20. The fraction of sp³-hybridized carbons (Fsp3) is 0.600. The second-order valence-electron chi connectivity index (χ2n) is 3.16. The number of thioether (sulfide) groups is 1. The topological polar surface area (TPSA) is 45.8 Å². The minimum Gasteiger partial charge on any atom is -0.309 e. The predicted octanol–water partition coefficient (Wildman–Crippen LogP) is 2.58. The SMILES string of the molecule is CCCc1nc(CSCC)[nH]c(=O)c1I. The Morgan fingerprint density at radius 1 is 1.47 bits per heavy atom. The number of aryl methyl sites for hydroxylation is 1. The summed E-state index contributed by atoms with van der Waals surface area (Å²) in [4.78, 5) is 18.9. The second-order valence-corrected chi connectivity index (χ2v) is 5.51.